The molecule has 0 aliphatic heterocycles. The van der Waals surface area contributed by atoms with Crippen LogP contribution >= 0.6 is 23.1 Å². The van der Waals surface area contributed by atoms with E-state index in [1.54, 1.807) is 11.8 Å². The molecule has 1 N–H and O–H groups in total. The van der Waals surface area contributed by atoms with Gasteiger partial charge in [0, 0.05) is 21.1 Å². The summed E-state index contributed by atoms with van der Waals surface area (Å²) in [6, 6.07) is 16.1. The van der Waals surface area contributed by atoms with E-state index in [4.69, 9.17) is 4.74 Å². The first-order valence-corrected chi connectivity index (χ1v) is 12.2. The highest BCUT2D eigenvalue weighted by Crippen LogP contribution is 2.38. The summed E-state index contributed by atoms with van der Waals surface area (Å²) < 4.78 is 4.99. The number of anilines is 1. The molecule has 0 fully saturated rings. The van der Waals surface area contributed by atoms with Crippen LogP contribution in [-0.2, 0) is 23.3 Å². The van der Waals surface area contributed by atoms with Gasteiger partial charge in [-0.3, -0.25) is 4.79 Å². The number of thiophene rings is 1. The van der Waals surface area contributed by atoms with Gasteiger partial charge in [-0.05, 0) is 68.0 Å². The van der Waals surface area contributed by atoms with Crippen molar-refractivity contribution < 1.29 is 14.3 Å². The Labute approximate surface area is 191 Å². The van der Waals surface area contributed by atoms with Crippen LogP contribution in [0, 0.1) is 6.92 Å². The number of carbonyl (C=O) groups is 2. The maximum absolute atomic E-state index is 12.9. The monoisotopic (exact) mass is 451 g/mol. The maximum Gasteiger partial charge on any atom is 0.341 e. The number of methoxy groups -OCH3 is 1. The first-order valence-electron chi connectivity index (χ1n) is 10.4. The zero-order valence-electron chi connectivity index (χ0n) is 17.7. The second kappa shape index (κ2) is 9.71. The number of amides is 1. The molecule has 1 heterocycles. The molecule has 0 radical (unpaired) electrons. The van der Waals surface area contributed by atoms with E-state index in [1.165, 1.54) is 33.8 Å². The predicted molar refractivity (Wildman–Crippen MR) is 127 cm³/mol. The Hall–Kier alpha value is -2.57. The lowest BCUT2D eigenvalue weighted by Crippen LogP contribution is -2.15. The highest BCUT2D eigenvalue weighted by molar-refractivity contribution is 7.98. The Morgan fingerprint density at radius 1 is 1.03 bits per heavy atom. The molecule has 3 aromatic rings. The van der Waals surface area contributed by atoms with Gasteiger partial charge in [-0.15, -0.1) is 23.1 Å². The topological polar surface area (TPSA) is 55.4 Å². The minimum absolute atomic E-state index is 0.207. The van der Waals surface area contributed by atoms with Crippen molar-refractivity contribution in [2.75, 3.05) is 12.4 Å². The van der Waals surface area contributed by atoms with Gasteiger partial charge in [0.2, 0.25) is 0 Å². The number of benzene rings is 2. The maximum atomic E-state index is 12.9. The van der Waals surface area contributed by atoms with E-state index in [1.807, 2.05) is 24.3 Å². The van der Waals surface area contributed by atoms with Gasteiger partial charge in [0.25, 0.3) is 5.91 Å². The minimum atomic E-state index is -0.377. The summed E-state index contributed by atoms with van der Waals surface area (Å²) in [6.45, 7) is 2.08. The van der Waals surface area contributed by atoms with Crippen molar-refractivity contribution >= 4 is 40.0 Å². The molecule has 0 bridgehead atoms. The summed E-state index contributed by atoms with van der Waals surface area (Å²) in [7, 11) is 1.38. The number of aryl methyl sites for hydroxylation is 2. The van der Waals surface area contributed by atoms with Gasteiger partial charge in [-0.25, -0.2) is 4.79 Å². The van der Waals surface area contributed by atoms with Crippen molar-refractivity contribution in [2.24, 2.45) is 0 Å². The van der Waals surface area contributed by atoms with Crippen molar-refractivity contribution in [2.45, 2.75) is 43.3 Å². The second-order valence-electron chi connectivity index (χ2n) is 7.66. The molecule has 1 aromatic heterocycles. The predicted octanol–water partition coefficient (Wildman–Crippen LogP) is 6.27. The summed E-state index contributed by atoms with van der Waals surface area (Å²) in [5, 5.41) is 3.56. The molecule has 2 aromatic carbocycles. The number of fused-ring (bicyclic) bond motifs is 1. The van der Waals surface area contributed by atoms with Gasteiger partial charge in [0.05, 0.1) is 12.7 Å². The minimum Gasteiger partial charge on any atom is -0.465 e. The third-order valence-corrected chi connectivity index (χ3v) is 7.72. The van der Waals surface area contributed by atoms with Crippen LogP contribution in [0.15, 0.2) is 53.4 Å². The van der Waals surface area contributed by atoms with Gasteiger partial charge in [-0.2, -0.15) is 0 Å². The third kappa shape index (κ3) is 5.02. The Balaban J connectivity index is 1.45. The SMILES string of the molecule is COC(=O)c1c(NC(=O)c2ccc(CSc3ccc(C)cc3)cc2)sc2c1CCCC2. The molecule has 0 spiro atoms. The molecule has 0 unspecified atom stereocenters. The Kier molecular flexibility index (Phi) is 6.78. The van der Waals surface area contributed by atoms with E-state index >= 15 is 0 Å². The summed E-state index contributed by atoms with van der Waals surface area (Å²) in [5.41, 5.74) is 4.56. The van der Waals surface area contributed by atoms with Crippen LogP contribution in [0.5, 0.6) is 0 Å². The zero-order chi connectivity index (χ0) is 21.8. The number of hydrogen-bond acceptors (Lipinski definition) is 5. The number of hydrogen-bond donors (Lipinski definition) is 1. The molecule has 0 atom stereocenters. The number of nitrogens with one attached hydrogen (secondary N) is 1. The van der Waals surface area contributed by atoms with Crippen LogP contribution in [0.1, 0.15) is 55.1 Å². The fourth-order valence-corrected chi connectivity index (χ4v) is 5.83. The quantitative estimate of drug-likeness (QED) is 0.355. The molecular formula is C25H25NO3S2. The average Bonchev–Trinajstić information content (AvgIpc) is 3.16. The summed E-state index contributed by atoms with van der Waals surface area (Å²) >= 11 is 3.27. The van der Waals surface area contributed by atoms with E-state index in [9.17, 15) is 9.59 Å². The molecular weight excluding hydrogens is 426 g/mol. The number of carbonyl (C=O) groups excluding carboxylic acids is 2. The van der Waals surface area contributed by atoms with Crippen LogP contribution in [0.25, 0.3) is 0 Å². The number of esters is 1. The first-order chi connectivity index (χ1) is 15.0. The molecule has 0 saturated heterocycles. The van der Waals surface area contributed by atoms with E-state index in [-0.39, 0.29) is 11.9 Å². The van der Waals surface area contributed by atoms with E-state index in [2.05, 4.69) is 36.5 Å². The van der Waals surface area contributed by atoms with Crippen LogP contribution in [0.2, 0.25) is 0 Å². The number of rotatable bonds is 6. The molecule has 0 saturated carbocycles. The van der Waals surface area contributed by atoms with Crippen molar-refractivity contribution in [1.29, 1.82) is 0 Å². The van der Waals surface area contributed by atoms with Gasteiger partial charge < -0.3 is 10.1 Å². The van der Waals surface area contributed by atoms with E-state index < -0.39 is 0 Å². The van der Waals surface area contributed by atoms with Gasteiger partial charge in [0.1, 0.15) is 5.00 Å². The molecule has 1 aliphatic rings. The summed E-state index contributed by atoms with van der Waals surface area (Å²) in [6.07, 6.45) is 3.99. The Morgan fingerprint density at radius 3 is 2.45 bits per heavy atom. The van der Waals surface area contributed by atoms with Crippen molar-refractivity contribution in [1.82, 2.24) is 0 Å². The van der Waals surface area contributed by atoms with E-state index in [0.29, 0.717) is 16.1 Å². The molecule has 4 rings (SSSR count). The van der Waals surface area contributed by atoms with E-state index in [0.717, 1.165) is 42.6 Å². The van der Waals surface area contributed by atoms with Gasteiger partial charge in [-0.1, -0.05) is 29.8 Å². The highest BCUT2D eigenvalue weighted by atomic mass is 32.2. The third-order valence-electron chi connectivity index (χ3n) is 5.43. The van der Waals surface area contributed by atoms with Crippen LogP contribution < -0.4 is 5.32 Å². The standard InChI is InChI=1S/C25H25NO3S2/c1-16-7-13-19(14-8-16)30-15-17-9-11-18(12-10-17)23(27)26-24-22(25(28)29-2)20-5-3-4-6-21(20)31-24/h7-14H,3-6,15H2,1-2H3,(H,26,27). The van der Waals surface area contributed by atoms with Crippen LogP contribution in [-0.4, -0.2) is 19.0 Å². The summed E-state index contributed by atoms with van der Waals surface area (Å²) in [4.78, 5) is 27.6. The molecule has 1 aliphatic carbocycles. The van der Waals surface area contributed by atoms with Crippen LogP contribution in [0.4, 0.5) is 5.00 Å². The molecule has 160 valence electrons. The van der Waals surface area contributed by atoms with Gasteiger partial charge >= 0.3 is 5.97 Å². The second-order valence-corrected chi connectivity index (χ2v) is 9.81. The number of thioether (sulfide) groups is 1. The van der Waals surface area contributed by atoms with Gasteiger partial charge in [0.15, 0.2) is 0 Å². The first kappa shape index (κ1) is 21.7. The Bertz CT molecular complexity index is 1090. The summed E-state index contributed by atoms with van der Waals surface area (Å²) in [5.74, 6) is 0.259. The lowest BCUT2D eigenvalue weighted by atomic mass is 9.95. The molecule has 4 nitrogen and oxygen atoms in total. The zero-order valence-corrected chi connectivity index (χ0v) is 19.3. The van der Waals surface area contributed by atoms with Crippen molar-refractivity contribution in [3.8, 4) is 0 Å². The average molecular weight is 452 g/mol. The normalized spacial score (nSPS) is 12.8. The smallest absolute Gasteiger partial charge is 0.341 e. The lowest BCUT2D eigenvalue weighted by molar-refractivity contribution is 0.0601. The number of ether oxygens (including phenoxy) is 1. The molecule has 1 amide bonds. The molecule has 6 heteroatoms. The largest absolute Gasteiger partial charge is 0.465 e. The fourth-order valence-electron chi connectivity index (χ4n) is 3.70. The van der Waals surface area contributed by atoms with Crippen molar-refractivity contribution in [3.63, 3.8) is 0 Å². The van der Waals surface area contributed by atoms with Crippen LogP contribution in [0.3, 0.4) is 0 Å². The molecule has 31 heavy (non-hydrogen) atoms. The highest BCUT2D eigenvalue weighted by Gasteiger charge is 2.27. The van der Waals surface area contributed by atoms with Crippen molar-refractivity contribution in [3.05, 3.63) is 81.2 Å². The fraction of sp³-hybridized carbons (Fsp3) is 0.280. The lowest BCUT2D eigenvalue weighted by Gasteiger charge is -2.11. The Morgan fingerprint density at radius 2 is 1.74 bits per heavy atom.